The predicted molar refractivity (Wildman–Crippen MR) is 105 cm³/mol. The van der Waals surface area contributed by atoms with Crippen molar-refractivity contribution >= 4 is 29.0 Å². The van der Waals surface area contributed by atoms with Crippen LogP contribution < -0.4 is 4.72 Å². The second kappa shape index (κ2) is 9.15. The highest BCUT2D eigenvalue weighted by Crippen LogP contribution is 2.46. The van der Waals surface area contributed by atoms with Crippen LogP contribution in [0.4, 0.5) is 22.0 Å². The summed E-state index contributed by atoms with van der Waals surface area (Å²) in [6, 6.07) is 8.35. The van der Waals surface area contributed by atoms with E-state index in [4.69, 9.17) is 0 Å². The standard InChI is InChI=1S/C20H18F5NO2S2/c21-14-3-6-18(22)17(11-14)19(30(28)16-4-1-13(12-27)2-5-16)9-7-15(8-10-19)26-29-20(23,24)25/h1-6,11-12,15,26H,7-10H2. The number of benzene rings is 2. The summed E-state index contributed by atoms with van der Waals surface area (Å²) in [6.45, 7) is 0. The molecule has 0 heterocycles. The molecule has 0 saturated heterocycles. The van der Waals surface area contributed by atoms with E-state index in [1.807, 2.05) is 0 Å². The van der Waals surface area contributed by atoms with Gasteiger partial charge in [0, 0.05) is 34.0 Å². The number of aldehydes is 1. The molecule has 1 fully saturated rings. The first kappa shape index (κ1) is 22.9. The Morgan fingerprint density at radius 2 is 1.70 bits per heavy atom. The minimum atomic E-state index is -4.44. The molecule has 0 spiro atoms. The predicted octanol–water partition coefficient (Wildman–Crippen LogP) is 5.48. The van der Waals surface area contributed by atoms with Gasteiger partial charge in [0.15, 0.2) is 0 Å². The van der Waals surface area contributed by atoms with Crippen LogP contribution in [0.25, 0.3) is 0 Å². The lowest BCUT2D eigenvalue weighted by Gasteiger charge is -2.40. The number of halogens is 5. The summed E-state index contributed by atoms with van der Waals surface area (Å²) in [6.07, 6.45) is 1.25. The molecule has 1 saturated carbocycles. The van der Waals surface area contributed by atoms with Gasteiger partial charge in [-0.2, -0.15) is 13.2 Å². The Labute approximate surface area is 177 Å². The third kappa shape index (κ3) is 5.09. The van der Waals surface area contributed by atoms with Gasteiger partial charge in [-0.25, -0.2) is 8.78 Å². The number of rotatable bonds is 6. The molecule has 2 aromatic rings. The van der Waals surface area contributed by atoms with Crippen molar-refractivity contribution in [3.05, 3.63) is 65.2 Å². The molecule has 2 aromatic carbocycles. The van der Waals surface area contributed by atoms with E-state index in [1.54, 1.807) is 0 Å². The second-order valence-electron chi connectivity index (χ2n) is 7.01. The fourth-order valence-corrected chi connectivity index (χ4v) is 5.98. The summed E-state index contributed by atoms with van der Waals surface area (Å²) in [5.41, 5.74) is -4.12. The van der Waals surface area contributed by atoms with E-state index in [-0.39, 0.29) is 43.2 Å². The molecule has 3 rings (SSSR count). The van der Waals surface area contributed by atoms with Gasteiger partial charge in [0.25, 0.3) is 0 Å². The molecule has 0 bridgehead atoms. The molecule has 3 nitrogen and oxygen atoms in total. The Bertz CT molecular complexity index is 926. The van der Waals surface area contributed by atoms with E-state index in [0.717, 1.165) is 18.2 Å². The zero-order valence-corrected chi connectivity index (χ0v) is 17.2. The van der Waals surface area contributed by atoms with Gasteiger partial charge in [-0.15, -0.1) is 0 Å². The highest BCUT2D eigenvalue weighted by molar-refractivity contribution is 7.98. The average Bonchev–Trinajstić information content (AvgIpc) is 2.73. The van der Waals surface area contributed by atoms with Crippen LogP contribution in [-0.2, 0) is 15.5 Å². The molecule has 162 valence electrons. The lowest BCUT2D eigenvalue weighted by Crippen LogP contribution is -2.42. The van der Waals surface area contributed by atoms with Gasteiger partial charge in [0.2, 0.25) is 0 Å². The Morgan fingerprint density at radius 3 is 2.27 bits per heavy atom. The molecule has 1 N–H and O–H groups in total. The van der Waals surface area contributed by atoms with Crippen LogP contribution in [0.1, 0.15) is 41.6 Å². The second-order valence-corrected chi connectivity index (χ2v) is 9.71. The SMILES string of the molecule is O=Cc1ccc(S(=O)C2(c3cc(F)ccc3F)CCC(NSC(F)(F)F)CC2)cc1. The first-order valence-electron chi connectivity index (χ1n) is 9.07. The molecular formula is C20H18F5NO2S2. The monoisotopic (exact) mass is 463 g/mol. The first-order chi connectivity index (χ1) is 14.1. The van der Waals surface area contributed by atoms with E-state index < -0.39 is 38.7 Å². The molecule has 0 aliphatic heterocycles. The third-order valence-corrected chi connectivity index (χ3v) is 7.86. The number of hydrogen-bond donors (Lipinski definition) is 1. The average molecular weight is 463 g/mol. The molecule has 1 atom stereocenters. The molecule has 0 radical (unpaired) electrons. The Balaban J connectivity index is 1.93. The third-order valence-electron chi connectivity index (χ3n) is 5.14. The molecule has 1 unspecified atom stereocenters. The Morgan fingerprint density at radius 1 is 1.07 bits per heavy atom. The smallest absolute Gasteiger partial charge is 0.298 e. The van der Waals surface area contributed by atoms with E-state index in [9.17, 15) is 31.0 Å². The molecule has 0 aromatic heterocycles. The zero-order chi connectivity index (χ0) is 21.9. The van der Waals surface area contributed by atoms with E-state index in [0.29, 0.717) is 16.7 Å². The summed E-state index contributed by atoms with van der Waals surface area (Å²) >= 11 is -0.342. The first-order valence-corrected chi connectivity index (χ1v) is 11.0. The van der Waals surface area contributed by atoms with E-state index >= 15 is 0 Å². The molecular weight excluding hydrogens is 445 g/mol. The van der Waals surface area contributed by atoms with Crippen molar-refractivity contribution in [1.29, 1.82) is 0 Å². The Kier molecular flexibility index (Phi) is 6.98. The van der Waals surface area contributed by atoms with Crippen LogP contribution in [0.3, 0.4) is 0 Å². The maximum atomic E-state index is 14.7. The van der Waals surface area contributed by atoms with Crippen molar-refractivity contribution < 1.29 is 31.0 Å². The summed E-state index contributed by atoms with van der Waals surface area (Å²) in [7, 11) is -1.82. The van der Waals surface area contributed by atoms with Crippen LogP contribution >= 0.6 is 11.9 Å². The maximum Gasteiger partial charge on any atom is 0.456 e. The molecule has 1 aliphatic carbocycles. The van der Waals surface area contributed by atoms with Gasteiger partial charge in [-0.05, 0) is 56.0 Å². The van der Waals surface area contributed by atoms with Crippen molar-refractivity contribution in [2.45, 2.75) is 46.9 Å². The topological polar surface area (TPSA) is 46.2 Å². The van der Waals surface area contributed by atoms with Crippen molar-refractivity contribution in [3.63, 3.8) is 0 Å². The molecule has 30 heavy (non-hydrogen) atoms. The highest BCUT2D eigenvalue weighted by Gasteiger charge is 2.45. The quantitative estimate of drug-likeness (QED) is 0.350. The number of hydrogen-bond acceptors (Lipinski definition) is 4. The van der Waals surface area contributed by atoms with Gasteiger partial charge in [0.05, 0.1) is 15.5 Å². The van der Waals surface area contributed by atoms with E-state index in [1.165, 1.54) is 24.3 Å². The number of carbonyl (C=O) groups excluding carboxylic acids is 1. The molecule has 10 heteroatoms. The fraction of sp³-hybridized carbons (Fsp3) is 0.350. The normalized spacial score (nSPS) is 23.2. The maximum absolute atomic E-state index is 14.7. The summed E-state index contributed by atoms with van der Waals surface area (Å²) in [5.74, 6) is -1.41. The highest BCUT2D eigenvalue weighted by atomic mass is 32.2. The summed E-state index contributed by atoms with van der Waals surface area (Å²) in [4.78, 5) is 11.2. The van der Waals surface area contributed by atoms with E-state index in [2.05, 4.69) is 4.72 Å². The lowest BCUT2D eigenvalue weighted by molar-refractivity contribution is -0.0339. The Hall–Kier alpha value is -1.78. The van der Waals surface area contributed by atoms with Crippen LogP contribution in [0, 0.1) is 11.6 Å². The van der Waals surface area contributed by atoms with Crippen LogP contribution in [-0.4, -0.2) is 22.0 Å². The minimum absolute atomic E-state index is 0.0535. The van der Waals surface area contributed by atoms with Crippen LogP contribution in [0.15, 0.2) is 47.4 Å². The number of nitrogens with one attached hydrogen (secondary N) is 1. The zero-order valence-electron chi connectivity index (χ0n) is 15.5. The van der Waals surface area contributed by atoms with Crippen LogP contribution in [0.5, 0.6) is 0 Å². The van der Waals surface area contributed by atoms with Crippen molar-refractivity contribution in [3.8, 4) is 0 Å². The van der Waals surface area contributed by atoms with Crippen molar-refractivity contribution in [2.24, 2.45) is 0 Å². The van der Waals surface area contributed by atoms with Gasteiger partial charge in [-0.3, -0.25) is 13.7 Å². The van der Waals surface area contributed by atoms with Gasteiger partial charge < -0.3 is 0 Å². The molecule has 1 aliphatic rings. The van der Waals surface area contributed by atoms with Crippen LogP contribution in [0.2, 0.25) is 0 Å². The van der Waals surface area contributed by atoms with Gasteiger partial charge >= 0.3 is 5.51 Å². The van der Waals surface area contributed by atoms with Crippen molar-refractivity contribution in [1.82, 2.24) is 4.72 Å². The number of alkyl halides is 3. The number of carbonyl (C=O) groups is 1. The summed E-state index contributed by atoms with van der Waals surface area (Å²) < 4.78 is 80.6. The summed E-state index contributed by atoms with van der Waals surface area (Å²) in [5, 5.41) is 0. The van der Waals surface area contributed by atoms with Gasteiger partial charge in [0.1, 0.15) is 17.9 Å². The largest absolute Gasteiger partial charge is 0.456 e. The molecule has 0 amide bonds. The van der Waals surface area contributed by atoms with Crippen molar-refractivity contribution in [2.75, 3.05) is 0 Å². The van der Waals surface area contributed by atoms with Gasteiger partial charge in [-0.1, -0.05) is 12.1 Å². The minimum Gasteiger partial charge on any atom is -0.298 e. The lowest BCUT2D eigenvalue weighted by atomic mass is 9.80. The fourth-order valence-electron chi connectivity index (χ4n) is 3.65.